The molecule has 0 saturated heterocycles. The van der Waals surface area contributed by atoms with Crippen LogP contribution in [0.1, 0.15) is 5.56 Å². The monoisotopic (exact) mass is 351 g/mol. The number of methoxy groups -OCH3 is 1. The molecule has 0 aliphatic rings. The third kappa shape index (κ3) is 4.36. The molecule has 1 aromatic heterocycles. The van der Waals surface area contributed by atoms with Crippen LogP contribution >= 0.6 is 0 Å². The van der Waals surface area contributed by atoms with Crippen LogP contribution < -0.4 is 15.4 Å². The SMILES string of the molecule is COc1ccccc1Nc1ccc(NC(=O)Cc2ccccc2F)nc1. The first-order valence-corrected chi connectivity index (χ1v) is 8.05. The van der Waals surface area contributed by atoms with Crippen molar-refractivity contribution in [3.63, 3.8) is 0 Å². The number of ether oxygens (including phenoxy) is 1. The van der Waals surface area contributed by atoms with Crippen LogP contribution in [0.25, 0.3) is 0 Å². The number of aromatic nitrogens is 1. The van der Waals surface area contributed by atoms with Crippen molar-refractivity contribution in [2.45, 2.75) is 6.42 Å². The fraction of sp³-hybridized carbons (Fsp3) is 0.100. The molecule has 0 saturated carbocycles. The van der Waals surface area contributed by atoms with Gasteiger partial charge in [-0.3, -0.25) is 4.79 Å². The standard InChI is InChI=1S/C20H18FN3O2/c1-26-18-9-5-4-8-17(18)23-15-10-11-19(22-13-15)24-20(25)12-14-6-2-3-7-16(14)21/h2-11,13,23H,12H2,1H3,(H,22,24,25). The van der Waals surface area contributed by atoms with Gasteiger partial charge in [0.1, 0.15) is 17.4 Å². The molecule has 0 bridgehead atoms. The van der Waals surface area contributed by atoms with Gasteiger partial charge in [0.15, 0.2) is 0 Å². The Bertz CT molecular complexity index is 898. The van der Waals surface area contributed by atoms with Gasteiger partial charge in [0.05, 0.1) is 31.1 Å². The summed E-state index contributed by atoms with van der Waals surface area (Å²) in [5.74, 6) is 0.395. The third-order valence-electron chi connectivity index (χ3n) is 3.73. The Labute approximate surface area is 150 Å². The minimum Gasteiger partial charge on any atom is -0.495 e. The van der Waals surface area contributed by atoms with Crippen LogP contribution in [-0.2, 0) is 11.2 Å². The summed E-state index contributed by atoms with van der Waals surface area (Å²) in [5.41, 5.74) is 1.91. The number of hydrogen-bond donors (Lipinski definition) is 2. The summed E-state index contributed by atoms with van der Waals surface area (Å²) < 4.78 is 18.9. The molecule has 0 aliphatic heterocycles. The predicted octanol–water partition coefficient (Wildman–Crippen LogP) is 4.15. The maximum Gasteiger partial charge on any atom is 0.230 e. The summed E-state index contributed by atoms with van der Waals surface area (Å²) in [4.78, 5) is 16.2. The maximum atomic E-state index is 13.6. The third-order valence-corrected chi connectivity index (χ3v) is 3.73. The van der Waals surface area contributed by atoms with Crippen LogP contribution in [0.3, 0.4) is 0 Å². The number of hydrogen-bond acceptors (Lipinski definition) is 4. The van der Waals surface area contributed by atoms with E-state index < -0.39 is 5.82 Å². The van der Waals surface area contributed by atoms with Crippen LogP contribution in [0.4, 0.5) is 21.6 Å². The van der Waals surface area contributed by atoms with Crippen molar-refractivity contribution >= 4 is 23.1 Å². The minimum atomic E-state index is -0.396. The summed E-state index contributed by atoms with van der Waals surface area (Å²) in [6.45, 7) is 0. The number of rotatable bonds is 6. The number of anilines is 3. The molecule has 0 atom stereocenters. The summed E-state index contributed by atoms with van der Waals surface area (Å²) >= 11 is 0. The van der Waals surface area contributed by atoms with E-state index in [0.717, 1.165) is 17.1 Å². The van der Waals surface area contributed by atoms with Gasteiger partial charge >= 0.3 is 0 Å². The van der Waals surface area contributed by atoms with Gasteiger partial charge in [-0.25, -0.2) is 9.37 Å². The lowest BCUT2D eigenvalue weighted by atomic mass is 10.1. The lowest BCUT2D eigenvalue weighted by Gasteiger charge is -2.11. The van der Waals surface area contributed by atoms with Crippen LogP contribution in [0.2, 0.25) is 0 Å². The molecule has 0 aliphatic carbocycles. The first kappa shape index (κ1) is 17.4. The predicted molar refractivity (Wildman–Crippen MR) is 99.2 cm³/mol. The van der Waals surface area contributed by atoms with Crippen LogP contribution in [0.5, 0.6) is 5.75 Å². The molecule has 3 rings (SSSR count). The Balaban J connectivity index is 1.62. The summed E-state index contributed by atoms with van der Waals surface area (Å²) in [6.07, 6.45) is 1.56. The van der Waals surface area contributed by atoms with Crippen molar-refractivity contribution < 1.29 is 13.9 Å². The van der Waals surface area contributed by atoms with E-state index in [9.17, 15) is 9.18 Å². The highest BCUT2D eigenvalue weighted by molar-refractivity contribution is 5.91. The number of carbonyl (C=O) groups is 1. The number of carbonyl (C=O) groups excluding carboxylic acids is 1. The molecule has 3 aromatic rings. The van der Waals surface area contributed by atoms with Gasteiger partial charge < -0.3 is 15.4 Å². The van der Waals surface area contributed by atoms with Crippen molar-refractivity contribution in [1.82, 2.24) is 4.98 Å². The Kier molecular flexibility index (Phi) is 5.43. The Morgan fingerprint density at radius 2 is 1.85 bits per heavy atom. The minimum absolute atomic E-state index is 0.0461. The fourth-order valence-electron chi connectivity index (χ4n) is 2.45. The molecular weight excluding hydrogens is 333 g/mol. The quantitative estimate of drug-likeness (QED) is 0.700. The second-order valence-corrected chi connectivity index (χ2v) is 5.57. The molecule has 0 fully saturated rings. The Hall–Kier alpha value is -3.41. The average molecular weight is 351 g/mol. The number of para-hydroxylation sites is 2. The zero-order valence-corrected chi connectivity index (χ0v) is 14.2. The first-order chi connectivity index (χ1) is 12.7. The summed E-state index contributed by atoms with van der Waals surface area (Å²) in [5, 5.41) is 5.86. The van der Waals surface area contributed by atoms with E-state index >= 15 is 0 Å². The molecule has 2 aromatic carbocycles. The Morgan fingerprint density at radius 3 is 2.58 bits per heavy atom. The largest absolute Gasteiger partial charge is 0.495 e. The van der Waals surface area contributed by atoms with E-state index in [-0.39, 0.29) is 12.3 Å². The van der Waals surface area contributed by atoms with Gasteiger partial charge in [-0.05, 0) is 35.9 Å². The summed E-state index contributed by atoms with van der Waals surface area (Å²) in [7, 11) is 1.60. The number of halogens is 1. The van der Waals surface area contributed by atoms with Crippen molar-refractivity contribution in [2.24, 2.45) is 0 Å². The molecule has 5 nitrogen and oxygen atoms in total. The normalized spacial score (nSPS) is 10.2. The van der Waals surface area contributed by atoms with Crippen molar-refractivity contribution in [3.8, 4) is 5.75 Å². The van der Waals surface area contributed by atoms with Crippen LogP contribution in [-0.4, -0.2) is 18.0 Å². The van der Waals surface area contributed by atoms with Gasteiger partial charge in [-0.1, -0.05) is 30.3 Å². The smallest absolute Gasteiger partial charge is 0.230 e. The molecule has 0 unspecified atom stereocenters. The van der Waals surface area contributed by atoms with Crippen molar-refractivity contribution in [3.05, 3.63) is 78.2 Å². The zero-order chi connectivity index (χ0) is 18.4. The van der Waals surface area contributed by atoms with E-state index in [0.29, 0.717) is 11.4 Å². The molecule has 6 heteroatoms. The lowest BCUT2D eigenvalue weighted by molar-refractivity contribution is -0.115. The van der Waals surface area contributed by atoms with Crippen LogP contribution in [0, 0.1) is 5.82 Å². The van der Waals surface area contributed by atoms with E-state index in [1.54, 1.807) is 43.6 Å². The van der Waals surface area contributed by atoms with Crippen molar-refractivity contribution in [2.75, 3.05) is 17.7 Å². The highest BCUT2D eigenvalue weighted by Crippen LogP contribution is 2.26. The number of pyridine rings is 1. The molecule has 1 heterocycles. The van der Waals surface area contributed by atoms with Gasteiger partial charge in [0, 0.05) is 0 Å². The van der Waals surface area contributed by atoms with E-state index in [4.69, 9.17) is 4.74 Å². The van der Waals surface area contributed by atoms with Crippen LogP contribution in [0.15, 0.2) is 66.9 Å². The maximum absolute atomic E-state index is 13.6. The highest BCUT2D eigenvalue weighted by Gasteiger charge is 2.09. The van der Waals surface area contributed by atoms with Gasteiger partial charge in [-0.15, -0.1) is 0 Å². The van der Waals surface area contributed by atoms with E-state index in [2.05, 4.69) is 15.6 Å². The zero-order valence-electron chi connectivity index (χ0n) is 14.2. The Morgan fingerprint density at radius 1 is 1.08 bits per heavy atom. The first-order valence-electron chi connectivity index (χ1n) is 8.05. The number of benzene rings is 2. The van der Waals surface area contributed by atoms with Gasteiger partial charge in [-0.2, -0.15) is 0 Å². The van der Waals surface area contributed by atoms with Gasteiger partial charge in [0.2, 0.25) is 5.91 Å². The molecular formula is C20H18FN3O2. The van der Waals surface area contributed by atoms with E-state index in [1.807, 2.05) is 24.3 Å². The second kappa shape index (κ2) is 8.11. The second-order valence-electron chi connectivity index (χ2n) is 5.57. The van der Waals surface area contributed by atoms with E-state index in [1.165, 1.54) is 6.07 Å². The number of amides is 1. The van der Waals surface area contributed by atoms with Gasteiger partial charge in [0.25, 0.3) is 0 Å². The molecule has 1 amide bonds. The molecule has 2 N–H and O–H groups in total. The van der Waals surface area contributed by atoms with Crippen molar-refractivity contribution in [1.29, 1.82) is 0 Å². The lowest BCUT2D eigenvalue weighted by Crippen LogP contribution is -2.16. The topological polar surface area (TPSA) is 63.2 Å². The number of nitrogens with one attached hydrogen (secondary N) is 2. The average Bonchev–Trinajstić information content (AvgIpc) is 2.66. The summed E-state index contributed by atoms with van der Waals surface area (Å²) in [6, 6.07) is 17.2. The highest BCUT2D eigenvalue weighted by atomic mass is 19.1. The number of nitrogens with zero attached hydrogens (tertiary/aromatic N) is 1. The molecule has 26 heavy (non-hydrogen) atoms. The molecule has 0 spiro atoms. The molecule has 0 radical (unpaired) electrons. The fourth-order valence-corrected chi connectivity index (χ4v) is 2.45. The molecule has 132 valence electrons.